The molecule has 2 aromatic carbocycles. The molecule has 2 aromatic rings. The molecule has 0 atom stereocenters. The molecule has 3 rings (SSSR count). The first kappa shape index (κ1) is 13.9. The molecule has 0 saturated heterocycles. The zero-order valence-corrected chi connectivity index (χ0v) is 12.0. The fraction of sp³-hybridized carbons (Fsp3) is 0.125. The molecular formula is C16H12N2O4. The number of nitro groups is 1. The van der Waals surface area contributed by atoms with Gasteiger partial charge in [0.05, 0.1) is 16.2 Å². The number of hydrogen-bond acceptors (Lipinski definition) is 4. The standard InChI is InChI=1S/C16H12N2O4/c1-9-5-3-7-12(10(9)2)17-15(19)11-6-4-8-13(18(21)22)14(11)16(17)20/h3-8H,1-2H3. The molecule has 1 aliphatic heterocycles. The number of imide groups is 1. The molecule has 6 heteroatoms. The fourth-order valence-corrected chi connectivity index (χ4v) is 2.62. The highest BCUT2D eigenvalue weighted by Crippen LogP contribution is 2.35. The average Bonchev–Trinajstić information content (AvgIpc) is 2.74. The van der Waals surface area contributed by atoms with E-state index in [0.29, 0.717) is 5.69 Å². The van der Waals surface area contributed by atoms with Crippen molar-refractivity contribution >= 4 is 23.2 Å². The maximum Gasteiger partial charge on any atom is 0.283 e. The van der Waals surface area contributed by atoms with Crippen LogP contribution in [0.25, 0.3) is 0 Å². The zero-order chi connectivity index (χ0) is 16.0. The SMILES string of the molecule is Cc1cccc(N2C(=O)c3cccc([N+](=O)[O-])c3C2=O)c1C. The second kappa shape index (κ2) is 4.77. The second-order valence-corrected chi connectivity index (χ2v) is 5.12. The monoisotopic (exact) mass is 296 g/mol. The summed E-state index contributed by atoms with van der Waals surface area (Å²) in [6, 6.07) is 9.37. The Bertz CT molecular complexity index is 842. The van der Waals surface area contributed by atoms with Crippen LogP contribution in [0.2, 0.25) is 0 Å². The molecule has 1 heterocycles. The van der Waals surface area contributed by atoms with Crippen molar-refractivity contribution in [1.82, 2.24) is 0 Å². The van der Waals surface area contributed by atoms with Crippen LogP contribution in [0.15, 0.2) is 36.4 Å². The first-order valence-corrected chi connectivity index (χ1v) is 6.66. The molecule has 0 aliphatic carbocycles. The van der Waals surface area contributed by atoms with E-state index in [9.17, 15) is 19.7 Å². The van der Waals surface area contributed by atoms with Crippen LogP contribution in [0.1, 0.15) is 31.8 Å². The molecule has 0 saturated carbocycles. The van der Waals surface area contributed by atoms with Crippen molar-refractivity contribution in [1.29, 1.82) is 0 Å². The van der Waals surface area contributed by atoms with E-state index in [1.807, 2.05) is 19.9 Å². The summed E-state index contributed by atoms with van der Waals surface area (Å²) in [7, 11) is 0. The van der Waals surface area contributed by atoms with Gasteiger partial charge < -0.3 is 0 Å². The number of aryl methyl sites for hydroxylation is 1. The lowest BCUT2D eigenvalue weighted by molar-refractivity contribution is -0.385. The average molecular weight is 296 g/mol. The van der Waals surface area contributed by atoms with Gasteiger partial charge in [-0.05, 0) is 37.1 Å². The molecule has 0 bridgehead atoms. The quantitative estimate of drug-likeness (QED) is 0.484. The summed E-state index contributed by atoms with van der Waals surface area (Å²) in [6.45, 7) is 3.68. The summed E-state index contributed by atoms with van der Waals surface area (Å²) in [4.78, 5) is 36.6. The molecule has 1 aliphatic rings. The number of hydrogen-bond donors (Lipinski definition) is 0. The normalized spacial score (nSPS) is 13.5. The van der Waals surface area contributed by atoms with Crippen LogP contribution in [0.4, 0.5) is 11.4 Å². The van der Waals surface area contributed by atoms with Crippen LogP contribution in [-0.2, 0) is 0 Å². The van der Waals surface area contributed by atoms with E-state index in [4.69, 9.17) is 0 Å². The van der Waals surface area contributed by atoms with Gasteiger partial charge >= 0.3 is 0 Å². The maximum absolute atomic E-state index is 12.6. The van der Waals surface area contributed by atoms with Gasteiger partial charge in [-0.1, -0.05) is 18.2 Å². The summed E-state index contributed by atoms with van der Waals surface area (Å²) in [6.07, 6.45) is 0. The van der Waals surface area contributed by atoms with Gasteiger partial charge in [-0.2, -0.15) is 0 Å². The number of nitrogens with zero attached hydrogens (tertiary/aromatic N) is 2. The highest BCUT2D eigenvalue weighted by atomic mass is 16.6. The Kier molecular flexibility index (Phi) is 3.02. The van der Waals surface area contributed by atoms with Gasteiger partial charge in [0.25, 0.3) is 17.5 Å². The molecule has 0 N–H and O–H groups in total. The van der Waals surface area contributed by atoms with Crippen molar-refractivity contribution in [3.8, 4) is 0 Å². The molecule has 6 nitrogen and oxygen atoms in total. The third-order valence-corrected chi connectivity index (χ3v) is 3.91. The summed E-state index contributed by atoms with van der Waals surface area (Å²) in [5.41, 5.74) is 1.77. The maximum atomic E-state index is 12.6. The topological polar surface area (TPSA) is 80.5 Å². The van der Waals surface area contributed by atoms with Crippen molar-refractivity contribution in [2.75, 3.05) is 4.90 Å². The molecule has 110 valence electrons. The number of carbonyl (C=O) groups excluding carboxylic acids is 2. The van der Waals surface area contributed by atoms with E-state index >= 15 is 0 Å². The first-order valence-electron chi connectivity index (χ1n) is 6.66. The van der Waals surface area contributed by atoms with E-state index in [0.717, 1.165) is 16.0 Å². The molecule has 0 aromatic heterocycles. The van der Waals surface area contributed by atoms with Gasteiger partial charge in [0, 0.05) is 6.07 Å². The van der Waals surface area contributed by atoms with Gasteiger partial charge in [0.1, 0.15) is 5.56 Å². The summed E-state index contributed by atoms with van der Waals surface area (Å²) < 4.78 is 0. The number of nitro benzene ring substituents is 1. The number of fused-ring (bicyclic) bond motifs is 1. The van der Waals surface area contributed by atoms with Crippen molar-refractivity contribution in [3.05, 3.63) is 68.8 Å². The van der Waals surface area contributed by atoms with Crippen LogP contribution < -0.4 is 4.90 Å². The van der Waals surface area contributed by atoms with Crippen LogP contribution in [0.3, 0.4) is 0 Å². The minimum Gasteiger partial charge on any atom is -0.268 e. The number of amides is 2. The lowest BCUT2D eigenvalue weighted by atomic mass is 10.1. The molecule has 0 radical (unpaired) electrons. The molecular weight excluding hydrogens is 284 g/mol. The Labute approximate surface area is 126 Å². The number of benzene rings is 2. The molecule has 0 fully saturated rings. The fourth-order valence-electron chi connectivity index (χ4n) is 2.62. The Morgan fingerprint density at radius 3 is 2.36 bits per heavy atom. The summed E-state index contributed by atoms with van der Waals surface area (Å²) in [5.74, 6) is -1.18. The van der Waals surface area contributed by atoms with Gasteiger partial charge in [-0.15, -0.1) is 0 Å². The van der Waals surface area contributed by atoms with Crippen LogP contribution in [0.5, 0.6) is 0 Å². The van der Waals surface area contributed by atoms with Gasteiger partial charge in [0.2, 0.25) is 0 Å². The Morgan fingerprint density at radius 1 is 1.00 bits per heavy atom. The summed E-state index contributed by atoms with van der Waals surface area (Å²) in [5, 5.41) is 11.1. The smallest absolute Gasteiger partial charge is 0.268 e. The van der Waals surface area contributed by atoms with Crippen LogP contribution in [0, 0.1) is 24.0 Å². The number of carbonyl (C=O) groups is 2. The van der Waals surface area contributed by atoms with Crippen LogP contribution >= 0.6 is 0 Å². The predicted molar refractivity (Wildman–Crippen MR) is 80.2 cm³/mol. The van der Waals surface area contributed by atoms with Gasteiger partial charge in [-0.3, -0.25) is 19.7 Å². The minimum absolute atomic E-state index is 0.0695. The van der Waals surface area contributed by atoms with E-state index in [-0.39, 0.29) is 16.8 Å². The third-order valence-electron chi connectivity index (χ3n) is 3.91. The lowest BCUT2D eigenvalue weighted by Crippen LogP contribution is -2.30. The van der Waals surface area contributed by atoms with E-state index < -0.39 is 16.7 Å². The summed E-state index contributed by atoms with van der Waals surface area (Å²) >= 11 is 0. The molecule has 0 spiro atoms. The number of anilines is 1. The van der Waals surface area contributed by atoms with Crippen molar-refractivity contribution in [2.45, 2.75) is 13.8 Å². The van der Waals surface area contributed by atoms with E-state index in [1.54, 1.807) is 12.1 Å². The highest BCUT2D eigenvalue weighted by Gasteiger charge is 2.42. The van der Waals surface area contributed by atoms with Gasteiger partial charge in [0.15, 0.2) is 0 Å². The molecule has 22 heavy (non-hydrogen) atoms. The first-order chi connectivity index (χ1) is 10.4. The predicted octanol–water partition coefficient (Wildman–Crippen LogP) is 3.01. The van der Waals surface area contributed by atoms with Gasteiger partial charge in [-0.25, -0.2) is 4.90 Å². The Morgan fingerprint density at radius 2 is 1.68 bits per heavy atom. The van der Waals surface area contributed by atoms with Crippen molar-refractivity contribution in [3.63, 3.8) is 0 Å². The van der Waals surface area contributed by atoms with Crippen LogP contribution in [-0.4, -0.2) is 16.7 Å². The largest absolute Gasteiger partial charge is 0.283 e. The lowest BCUT2D eigenvalue weighted by Gasteiger charge is -2.17. The Balaban J connectivity index is 2.21. The van der Waals surface area contributed by atoms with E-state index in [2.05, 4.69) is 0 Å². The minimum atomic E-state index is -0.652. The Hall–Kier alpha value is -3.02. The second-order valence-electron chi connectivity index (χ2n) is 5.12. The molecule has 2 amide bonds. The number of rotatable bonds is 2. The van der Waals surface area contributed by atoms with E-state index in [1.165, 1.54) is 18.2 Å². The van der Waals surface area contributed by atoms with Crippen molar-refractivity contribution in [2.24, 2.45) is 0 Å². The zero-order valence-electron chi connectivity index (χ0n) is 12.0. The highest BCUT2D eigenvalue weighted by molar-refractivity contribution is 6.35. The molecule has 0 unspecified atom stereocenters. The third kappa shape index (κ3) is 1.81. The van der Waals surface area contributed by atoms with Crippen molar-refractivity contribution < 1.29 is 14.5 Å².